The molecule has 0 saturated carbocycles. The summed E-state index contributed by atoms with van der Waals surface area (Å²) in [7, 11) is 0. The number of aromatic nitrogens is 1. The van der Waals surface area contributed by atoms with Gasteiger partial charge in [0.05, 0.1) is 0 Å². The normalized spacial score (nSPS) is 13.1. The summed E-state index contributed by atoms with van der Waals surface area (Å²) in [6.45, 7) is 1.59. The average molecular weight is 281 g/mol. The molecule has 0 aliphatic carbocycles. The first-order chi connectivity index (χ1) is 10.3. The Labute approximate surface area is 124 Å². The van der Waals surface area contributed by atoms with E-state index in [9.17, 15) is 4.79 Å². The van der Waals surface area contributed by atoms with E-state index in [0.29, 0.717) is 6.54 Å². The zero-order chi connectivity index (χ0) is 14.5. The van der Waals surface area contributed by atoms with Crippen molar-refractivity contribution in [1.29, 1.82) is 0 Å². The summed E-state index contributed by atoms with van der Waals surface area (Å²) < 4.78 is 0. The van der Waals surface area contributed by atoms with E-state index < -0.39 is 0 Å². The highest BCUT2D eigenvalue weighted by atomic mass is 16.1. The summed E-state index contributed by atoms with van der Waals surface area (Å²) >= 11 is 0. The molecule has 1 aliphatic rings. The minimum Gasteiger partial charge on any atom is -0.385 e. The zero-order valence-electron chi connectivity index (χ0n) is 11.9. The van der Waals surface area contributed by atoms with Gasteiger partial charge in [-0.15, -0.1) is 0 Å². The van der Waals surface area contributed by atoms with Crippen LogP contribution in [0.25, 0.3) is 0 Å². The molecule has 0 atom stereocenters. The fourth-order valence-corrected chi connectivity index (χ4v) is 2.67. The van der Waals surface area contributed by atoms with E-state index in [2.05, 4.69) is 15.6 Å². The number of hydrogen-bond donors (Lipinski definition) is 2. The molecule has 0 bridgehead atoms. The zero-order valence-corrected chi connectivity index (χ0v) is 11.9. The Hall–Kier alpha value is -2.36. The molecule has 0 radical (unpaired) electrons. The number of carbonyl (C=O) groups is 1. The smallest absolute Gasteiger partial charge is 0.251 e. The Morgan fingerprint density at radius 2 is 2.19 bits per heavy atom. The van der Waals surface area contributed by atoms with E-state index in [4.69, 9.17) is 0 Å². The minimum atomic E-state index is 0.00600. The van der Waals surface area contributed by atoms with E-state index in [0.717, 1.165) is 48.3 Å². The Morgan fingerprint density at radius 1 is 1.24 bits per heavy atom. The highest BCUT2D eigenvalue weighted by molar-refractivity contribution is 5.97. The molecule has 0 saturated heterocycles. The van der Waals surface area contributed by atoms with E-state index in [-0.39, 0.29) is 5.91 Å². The summed E-state index contributed by atoms with van der Waals surface area (Å²) in [4.78, 5) is 16.6. The van der Waals surface area contributed by atoms with Gasteiger partial charge in [0.1, 0.15) is 0 Å². The van der Waals surface area contributed by atoms with Crippen LogP contribution in [0.2, 0.25) is 0 Å². The summed E-state index contributed by atoms with van der Waals surface area (Å²) in [5.41, 5.74) is 4.02. The average Bonchev–Trinajstić information content (AvgIpc) is 2.55. The van der Waals surface area contributed by atoms with Crippen LogP contribution < -0.4 is 10.6 Å². The largest absolute Gasteiger partial charge is 0.385 e. The second kappa shape index (κ2) is 6.39. The van der Waals surface area contributed by atoms with Gasteiger partial charge in [-0.1, -0.05) is 12.1 Å². The maximum absolute atomic E-state index is 12.3. The summed E-state index contributed by atoms with van der Waals surface area (Å²) in [5, 5.41) is 6.34. The fourth-order valence-electron chi connectivity index (χ4n) is 2.67. The number of rotatable bonds is 4. The molecule has 1 amide bonds. The lowest BCUT2D eigenvalue weighted by atomic mass is 9.97. The molecule has 0 unspecified atom stereocenters. The molecule has 2 N–H and O–H groups in total. The molecular weight excluding hydrogens is 262 g/mol. The van der Waals surface area contributed by atoms with E-state index in [1.807, 2.05) is 36.4 Å². The Morgan fingerprint density at radius 3 is 3.05 bits per heavy atom. The van der Waals surface area contributed by atoms with E-state index in [1.165, 1.54) is 0 Å². The standard InChI is InChI=1S/C17H19N3O/c21-17(20-12-9-13-5-1-2-10-18-13)15-6-3-8-16-14(15)7-4-11-19-16/h1-3,5-6,8,10,19H,4,7,9,11-12H2,(H,20,21). The van der Waals surface area contributed by atoms with Crippen LogP contribution in [-0.2, 0) is 12.8 Å². The molecule has 0 spiro atoms. The predicted octanol–water partition coefficient (Wildman–Crippen LogP) is 2.41. The molecule has 1 aromatic carbocycles. The third-order valence-corrected chi connectivity index (χ3v) is 3.73. The van der Waals surface area contributed by atoms with Crippen molar-refractivity contribution in [3.8, 4) is 0 Å². The SMILES string of the molecule is O=C(NCCc1ccccn1)c1cccc2c1CCCN2. The monoisotopic (exact) mass is 281 g/mol. The predicted molar refractivity (Wildman–Crippen MR) is 83.5 cm³/mol. The van der Waals surface area contributed by atoms with Crippen molar-refractivity contribution < 1.29 is 4.79 Å². The minimum absolute atomic E-state index is 0.00600. The highest BCUT2D eigenvalue weighted by Gasteiger charge is 2.16. The summed E-state index contributed by atoms with van der Waals surface area (Å²) in [6.07, 6.45) is 4.56. The number of amides is 1. The van der Waals surface area contributed by atoms with Crippen molar-refractivity contribution in [2.75, 3.05) is 18.4 Å². The van der Waals surface area contributed by atoms with Crippen LogP contribution in [0.1, 0.15) is 28.0 Å². The molecule has 3 rings (SSSR count). The first-order valence-corrected chi connectivity index (χ1v) is 7.38. The molecule has 1 aliphatic heterocycles. The number of hydrogen-bond acceptors (Lipinski definition) is 3. The van der Waals surface area contributed by atoms with Gasteiger partial charge in [-0.05, 0) is 42.7 Å². The van der Waals surface area contributed by atoms with E-state index >= 15 is 0 Å². The lowest BCUT2D eigenvalue weighted by Crippen LogP contribution is -2.28. The van der Waals surface area contributed by atoms with Gasteiger partial charge in [0, 0.05) is 42.7 Å². The molecule has 0 fully saturated rings. The Kier molecular flexibility index (Phi) is 4.15. The van der Waals surface area contributed by atoms with E-state index in [1.54, 1.807) is 6.20 Å². The van der Waals surface area contributed by atoms with Crippen LogP contribution in [0.3, 0.4) is 0 Å². The maximum Gasteiger partial charge on any atom is 0.251 e. The molecule has 108 valence electrons. The van der Waals surface area contributed by atoms with Crippen LogP contribution in [0.5, 0.6) is 0 Å². The topological polar surface area (TPSA) is 54.0 Å². The van der Waals surface area contributed by atoms with Crippen molar-refractivity contribution in [1.82, 2.24) is 10.3 Å². The lowest BCUT2D eigenvalue weighted by molar-refractivity contribution is 0.0953. The van der Waals surface area contributed by atoms with Crippen LogP contribution >= 0.6 is 0 Å². The molecule has 2 aromatic rings. The Balaban J connectivity index is 1.63. The van der Waals surface area contributed by atoms with Gasteiger partial charge in [0.15, 0.2) is 0 Å². The Bertz CT molecular complexity index is 625. The number of fused-ring (bicyclic) bond motifs is 1. The van der Waals surface area contributed by atoms with Gasteiger partial charge in [-0.3, -0.25) is 9.78 Å². The molecule has 4 nitrogen and oxygen atoms in total. The van der Waals surface area contributed by atoms with Crippen molar-refractivity contribution in [2.24, 2.45) is 0 Å². The van der Waals surface area contributed by atoms with Gasteiger partial charge in [-0.25, -0.2) is 0 Å². The van der Waals surface area contributed by atoms with Gasteiger partial charge in [-0.2, -0.15) is 0 Å². The summed E-state index contributed by atoms with van der Waals surface area (Å²) in [5.74, 6) is 0.00600. The molecular formula is C17H19N3O. The lowest BCUT2D eigenvalue weighted by Gasteiger charge is -2.20. The van der Waals surface area contributed by atoms with Crippen molar-refractivity contribution >= 4 is 11.6 Å². The number of nitrogens with zero attached hydrogens (tertiary/aromatic N) is 1. The van der Waals surface area contributed by atoms with Crippen LogP contribution in [0, 0.1) is 0 Å². The number of carbonyl (C=O) groups excluding carboxylic acids is 1. The molecule has 21 heavy (non-hydrogen) atoms. The number of anilines is 1. The number of benzene rings is 1. The van der Waals surface area contributed by atoms with Crippen LogP contribution in [0.15, 0.2) is 42.6 Å². The van der Waals surface area contributed by atoms with Crippen molar-refractivity contribution in [3.05, 3.63) is 59.4 Å². The van der Waals surface area contributed by atoms with Gasteiger partial charge >= 0.3 is 0 Å². The maximum atomic E-state index is 12.3. The van der Waals surface area contributed by atoms with Crippen LogP contribution in [-0.4, -0.2) is 24.0 Å². The van der Waals surface area contributed by atoms with Gasteiger partial charge in [0.2, 0.25) is 0 Å². The van der Waals surface area contributed by atoms with Gasteiger partial charge < -0.3 is 10.6 Å². The number of nitrogens with one attached hydrogen (secondary N) is 2. The fraction of sp³-hybridized carbons (Fsp3) is 0.294. The van der Waals surface area contributed by atoms with Gasteiger partial charge in [0.25, 0.3) is 5.91 Å². The second-order valence-corrected chi connectivity index (χ2v) is 5.19. The molecule has 2 heterocycles. The summed E-state index contributed by atoms with van der Waals surface area (Å²) in [6, 6.07) is 11.7. The van der Waals surface area contributed by atoms with Crippen molar-refractivity contribution in [3.63, 3.8) is 0 Å². The molecule has 1 aromatic heterocycles. The third-order valence-electron chi connectivity index (χ3n) is 3.73. The highest BCUT2D eigenvalue weighted by Crippen LogP contribution is 2.25. The quantitative estimate of drug-likeness (QED) is 0.905. The first-order valence-electron chi connectivity index (χ1n) is 7.38. The molecule has 4 heteroatoms. The van der Waals surface area contributed by atoms with Crippen molar-refractivity contribution in [2.45, 2.75) is 19.3 Å². The number of pyridine rings is 1. The first kappa shape index (κ1) is 13.6. The van der Waals surface area contributed by atoms with Crippen LogP contribution in [0.4, 0.5) is 5.69 Å². The second-order valence-electron chi connectivity index (χ2n) is 5.19. The third kappa shape index (κ3) is 3.21.